The summed E-state index contributed by atoms with van der Waals surface area (Å²) in [6.45, 7) is 0. The predicted molar refractivity (Wildman–Crippen MR) is 82.7 cm³/mol. The van der Waals surface area contributed by atoms with E-state index in [9.17, 15) is 9.59 Å². The van der Waals surface area contributed by atoms with Crippen molar-refractivity contribution in [2.24, 2.45) is 23.7 Å². The van der Waals surface area contributed by atoms with Crippen LogP contribution < -0.4 is 0 Å². The summed E-state index contributed by atoms with van der Waals surface area (Å²) in [5.74, 6) is 0.908. The highest BCUT2D eigenvalue weighted by Crippen LogP contribution is 2.60. The molecule has 0 aromatic heterocycles. The van der Waals surface area contributed by atoms with E-state index in [0.29, 0.717) is 21.5 Å². The Kier molecular flexibility index (Phi) is 3.30. The van der Waals surface area contributed by atoms with Gasteiger partial charge in [-0.05, 0) is 31.1 Å². The summed E-state index contributed by atoms with van der Waals surface area (Å²) in [6, 6.07) is 0.191. The van der Waals surface area contributed by atoms with Crippen molar-refractivity contribution < 1.29 is 9.59 Å². The number of alkyl halides is 2. The lowest BCUT2D eigenvalue weighted by Gasteiger charge is -2.30. The number of carbonyl (C=O) groups excluding carboxylic acids is 2. The van der Waals surface area contributed by atoms with Crippen molar-refractivity contribution in [2.45, 2.75) is 54.2 Å². The zero-order valence-corrected chi connectivity index (χ0v) is 14.5. The molecule has 4 fully saturated rings. The fourth-order valence-electron chi connectivity index (χ4n) is 5.07. The molecule has 2 amide bonds. The van der Waals surface area contributed by atoms with E-state index in [0.717, 1.165) is 32.1 Å². The van der Waals surface area contributed by atoms with Crippen molar-refractivity contribution in [3.63, 3.8) is 0 Å². The normalized spacial score (nSPS) is 48.2. The Labute approximate surface area is 136 Å². The van der Waals surface area contributed by atoms with E-state index in [1.165, 1.54) is 6.42 Å². The third-order valence-corrected chi connectivity index (χ3v) is 9.17. The van der Waals surface area contributed by atoms with E-state index >= 15 is 0 Å². The number of carbonyl (C=O) groups is 2. The van der Waals surface area contributed by atoms with Gasteiger partial charge in [0.15, 0.2) is 0 Å². The lowest BCUT2D eigenvalue weighted by atomic mass is 9.81. The summed E-state index contributed by atoms with van der Waals surface area (Å²) in [6.07, 6.45) is 6.62. The van der Waals surface area contributed by atoms with Crippen LogP contribution in [-0.2, 0) is 9.59 Å². The molecule has 0 radical (unpaired) electrons. The van der Waals surface area contributed by atoms with Gasteiger partial charge in [0.05, 0.1) is 11.8 Å². The van der Waals surface area contributed by atoms with Crippen LogP contribution >= 0.6 is 31.9 Å². The van der Waals surface area contributed by atoms with Crippen LogP contribution in [0.15, 0.2) is 0 Å². The molecule has 3 saturated carbocycles. The van der Waals surface area contributed by atoms with Gasteiger partial charge < -0.3 is 0 Å². The molecule has 4 rings (SSSR count). The predicted octanol–water partition coefficient (Wildman–Crippen LogP) is 3.10. The maximum Gasteiger partial charge on any atom is 0.233 e. The quantitative estimate of drug-likeness (QED) is 0.497. The highest BCUT2D eigenvalue weighted by Gasteiger charge is 2.66. The zero-order chi connectivity index (χ0) is 14.0. The Hall–Kier alpha value is 0.1000. The molecular formula is C15H19Br2NO2. The maximum absolute atomic E-state index is 12.8. The minimum atomic E-state index is -0.0346. The molecule has 0 spiro atoms. The highest BCUT2D eigenvalue weighted by molar-refractivity contribution is 9.12. The summed E-state index contributed by atoms with van der Waals surface area (Å²) in [5, 5.41) is 0. The standard InChI is InChI=1S/C15H19Br2NO2/c16-12-8-6-9(13(12)17)11-10(8)14(19)18(15(11)20)7-4-2-1-3-5-7/h7-13H,1-6H2/t8-,9+,10+,11-,12+,13-. The van der Waals surface area contributed by atoms with Crippen molar-refractivity contribution in [3.8, 4) is 0 Å². The number of nitrogens with zero attached hydrogens (tertiary/aromatic N) is 1. The van der Waals surface area contributed by atoms with Crippen LogP contribution in [0, 0.1) is 23.7 Å². The number of rotatable bonds is 1. The topological polar surface area (TPSA) is 37.4 Å². The summed E-state index contributed by atoms with van der Waals surface area (Å²) in [5.41, 5.74) is 0. The lowest BCUT2D eigenvalue weighted by Crippen LogP contribution is -2.42. The first kappa shape index (κ1) is 13.7. The SMILES string of the molecule is O=C1[C@@H]2[C@@H]3C[C@@H]([C@H](Br)[C@@H]3Br)[C@@H]2C(=O)N1C1CCCCC1. The van der Waals surface area contributed by atoms with Gasteiger partial charge in [0.1, 0.15) is 0 Å². The monoisotopic (exact) mass is 403 g/mol. The van der Waals surface area contributed by atoms with Gasteiger partial charge in [-0.1, -0.05) is 51.1 Å². The first-order valence-electron chi connectivity index (χ1n) is 7.76. The van der Waals surface area contributed by atoms with Crippen LogP contribution in [0.2, 0.25) is 0 Å². The molecule has 0 aromatic rings. The summed E-state index contributed by atoms with van der Waals surface area (Å²) in [4.78, 5) is 28.0. The largest absolute Gasteiger partial charge is 0.279 e. The Morgan fingerprint density at radius 2 is 1.35 bits per heavy atom. The highest BCUT2D eigenvalue weighted by atomic mass is 79.9. The Morgan fingerprint density at radius 3 is 1.85 bits per heavy atom. The average molecular weight is 405 g/mol. The van der Waals surface area contributed by atoms with Crippen molar-refractivity contribution in [2.75, 3.05) is 0 Å². The van der Waals surface area contributed by atoms with Crippen LogP contribution in [0.1, 0.15) is 38.5 Å². The fourth-order valence-corrected chi connectivity index (χ4v) is 6.94. The van der Waals surface area contributed by atoms with Gasteiger partial charge in [-0.3, -0.25) is 14.5 Å². The van der Waals surface area contributed by atoms with Crippen LogP contribution in [0.25, 0.3) is 0 Å². The first-order chi connectivity index (χ1) is 9.61. The molecule has 6 atom stereocenters. The molecule has 20 heavy (non-hydrogen) atoms. The van der Waals surface area contributed by atoms with E-state index in [-0.39, 0.29) is 29.7 Å². The number of amides is 2. The van der Waals surface area contributed by atoms with Gasteiger partial charge in [-0.15, -0.1) is 0 Å². The minimum absolute atomic E-state index is 0.0346. The van der Waals surface area contributed by atoms with Gasteiger partial charge in [-0.25, -0.2) is 0 Å². The van der Waals surface area contributed by atoms with Gasteiger partial charge in [0, 0.05) is 15.7 Å². The molecule has 5 heteroatoms. The minimum Gasteiger partial charge on any atom is -0.279 e. The molecule has 0 N–H and O–H groups in total. The molecule has 3 nitrogen and oxygen atoms in total. The molecule has 0 aromatic carbocycles. The molecule has 0 unspecified atom stereocenters. The van der Waals surface area contributed by atoms with Crippen LogP contribution in [0.3, 0.4) is 0 Å². The summed E-state index contributed by atoms with van der Waals surface area (Å²) < 4.78 is 0. The molecule has 110 valence electrons. The number of fused-ring (bicyclic) bond motifs is 5. The number of likely N-dealkylation sites (tertiary alicyclic amines) is 1. The van der Waals surface area contributed by atoms with E-state index < -0.39 is 0 Å². The maximum atomic E-state index is 12.8. The second-order valence-corrected chi connectivity index (χ2v) is 8.96. The van der Waals surface area contributed by atoms with Gasteiger partial charge >= 0.3 is 0 Å². The first-order valence-corrected chi connectivity index (χ1v) is 9.59. The Morgan fingerprint density at radius 1 is 0.850 bits per heavy atom. The molecule has 4 aliphatic rings. The van der Waals surface area contributed by atoms with E-state index in [1.807, 2.05) is 0 Å². The number of hydrogen-bond donors (Lipinski definition) is 0. The molecular weight excluding hydrogens is 386 g/mol. The second kappa shape index (κ2) is 4.80. The lowest BCUT2D eigenvalue weighted by molar-refractivity contribution is -0.144. The van der Waals surface area contributed by atoms with E-state index in [2.05, 4.69) is 31.9 Å². The van der Waals surface area contributed by atoms with E-state index in [4.69, 9.17) is 0 Å². The van der Waals surface area contributed by atoms with Gasteiger partial charge in [0.25, 0.3) is 0 Å². The third kappa shape index (κ3) is 1.68. The van der Waals surface area contributed by atoms with Gasteiger partial charge in [-0.2, -0.15) is 0 Å². The van der Waals surface area contributed by atoms with Crippen molar-refractivity contribution in [1.82, 2.24) is 4.90 Å². The number of hydrogen-bond acceptors (Lipinski definition) is 2. The Balaban J connectivity index is 1.63. The molecule has 1 aliphatic heterocycles. The van der Waals surface area contributed by atoms with E-state index in [1.54, 1.807) is 4.90 Å². The fraction of sp³-hybridized carbons (Fsp3) is 0.867. The van der Waals surface area contributed by atoms with Crippen molar-refractivity contribution in [1.29, 1.82) is 0 Å². The Bertz CT molecular complexity index is 431. The summed E-state index contributed by atoms with van der Waals surface area (Å²) >= 11 is 7.46. The number of halogens is 2. The van der Waals surface area contributed by atoms with Crippen molar-refractivity contribution in [3.05, 3.63) is 0 Å². The molecule has 3 aliphatic carbocycles. The van der Waals surface area contributed by atoms with Crippen molar-refractivity contribution >= 4 is 43.7 Å². The molecule has 2 bridgehead atoms. The summed E-state index contributed by atoms with van der Waals surface area (Å²) in [7, 11) is 0. The average Bonchev–Trinajstić information content (AvgIpc) is 3.05. The molecule has 1 heterocycles. The van der Waals surface area contributed by atoms with Crippen LogP contribution in [0.4, 0.5) is 0 Å². The number of imide groups is 1. The zero-order valence-electron chi connectivity index (χ0n) is 11.3. The smallest absolute Gasteiger partial charge is 0.233 e. The molecule has 1 saturated heterocycles. The van der Waals surface area contributed by atoms with Gasteiger partial charge in [0.2, 0.25) is 11.8 Å². The third-order valence-electron chi connectivity index (χ3n) is 5.96. The van der Waals surface area contributed by atoms with Crippen LogP contribution in [0.5, 0.6) is 0 Å². The van der Waals surface area contributed by atoms with Crippen LogP contribution in [-0.4, -0.2) is 32.4 Å². The second-order valence-electron chi connectivity index (χ2n) is 6.84.